The van der Waals surface area contributed by atoms with Gasteiger partial charge in [0.15, 0.2) is 0 Å². The number of fused-ring (bicyclic) bond motifs is 1. The number of unbranched alkanes of at least 4 members (excludes halogenated alkanes) is 1. The average Bonchev–Trinajstić information content (AvgIpc) is 3.21. The van der Waals surface area contributed by atoms with Gasteiger partial charge in [-0.15, -0.1) is 0 Å². The lowest BCUT2D eigenvalue weighted by Gasteiger charge is -2.27. The Morgan fingerprint density at radius 2 is 2.08 bits per heavy atom. The molecule has 1 atom stereocenters. The molecule has 0 amide bonds. The lowest BCUT2D eigenvalue weighted by atomic mass is 10.0. The van der Waals surface area contributed by atoms with Crippen LogP contribution < -0.4 is 4.74 Å². The Labute approximate surface area is 156 Å². The second-order valence-electron chi connectivity index (χ2n) is 6.12. The van der Waals surface area contributed by atoms with E-state index in [9.17, 15) is 10.2 Å². The molecule has 0 aliphatic heterocycles. The molecule has 2 heterocycles. The van der Waals surface area contributed by atoms with Crippen molar-refractivity contribution in [3.05, 3.63) is 41.0 Å². The summed E-state index contributed by atoms with van der Waals surface area (Å²) in [5.41, 5.74) is 1.00. The largest absolute Gasteiger partial charge is 0.494 e. The van der Waals surface area contributed by atoms with Gasteiger partial charge in [-0.1, -0.05) is 36.8 Å². The van der Waals surface area contributed by atoms with Gasteiger partial charge in [-0.05, 0) is 31.2 Å². The van der Waals surface area contributed by atoms with E-state index in [1.807, 2.05) is 36.2 Å². The molecular formula is C18H24N4O3S. The predicted octanol–water partition coefficient (Wildman–Crippen LogP) is 2.69. The second kappa shape index (κ2) is 8.48. The smallest absolute Gasteiger partial charge is 0.230 e. The van der Waals surface area contributed by atoms with Crippen LogP contribution in [0.2, 0.25) is 0 Å². The van der Waals surface area contributed by atoms with Crippen LogP contribution in [0, 0.1) is 0 Å². The molecule has 2 aromatic heterocycles. The van der Waals surface area contributed by atoms with Crippen molar-refractivity contribution >= 4 is 16.3 Å². The van der Waals surface area contributed by atoms with Crippen LogP contribution in [0.1, 0.15) is 36.2 Å². The Balaban J connectivity index is 1.91. The van der Waals surface area contributed by atoms with Gasteiger partial charge < -0.3 is 14.9 Å². The number of hydrogen-bond donors (Lipinski definition) is 2. The summed E-state index contributed by atoms with van der Waals surface area (Å²) in [4.78, 5) is 7.54. The summed E-state index contributed by atoms with van der Waals surface area (Å²) in [6.07, 6.45) is 3.54. The normalized spacial score (nSPS) is 12.8. The fraction of sp³-hybridized carbons (Fsp3) is 0.444. The summed E-state index contributed by atoms with van der Waals surface area (Å²) in [5.74, 6) is 0.915. The molecule has 0 saturated heterocycles. The number of aliphatic hydroxyl groups is 1. The van der Waals surface area contributed by atoms with Gasteiger partial charge in [0, 0.05) is 6.54 Å². The summed E-state index contributed by atoms with van der Waals surface area (Å²) >= 11 is 1.39. The average molecular weight is 376 g/mol. The minimum atomic E-state index is -0.208. The molecule has 1 unspecified atom stereocenters. The lowest BCUT2D eigenvalue weighted by molar-refractivity contribution is 0.196. The van der Waals surface area contributed by atoms with Crippen molar-refractivity contribution in [3.8, 4) is 11.6 Å². The molecule has 0 saturated carbocycles. The zero-order valence-corrected chi connectivity index (χ0v) is 15.8. The first-order chi connectivity index (χ1) is 12.7. The molecule has 0 fully saturated rings. The van der Waals surface area contributed by atoms with Crippen LogP contribution in [-0.2, 0) is 0 Å². The van der Waals surface area contributed by atoms with Gasteiger partial charge in [0.05, 0.1) is 24.1 Å². The maximum Gasteiger partial charge on any atom is 0.230 e. The van der Waals surface area contributed by atoms with Gasteiger partial charge in [-0.25, -0.2) is 4.98 Å². The van der Waals surface area contributed by atoms with Crippen molar-refractivity contribution in [3.63, 3.8) is 0 Å². The van der Waals surface area contributed by atoms with Crippen LogP contribution in [0.4, 0.5) is 0 Å². The van der Waals surface area contributed by atoms with E-state index in [2.05, 4.69) is 17.0 Å². The van der Waals surface area contributed by atoms with Crippen LogP contribution in [0.3, 0.4) is 0 Å². The number of aromatic hydroxyl groups is 1. The van der Waals surface area contributed by atoms with Crippen molar-refractivity contribution in [2.45, 2.75) is 25.8 Å². The number of hydrogen-bond acceptors (Lipinski definition) is 7. The Bertz CT molecular complexity index is 831. The molecule has 26 heavy (non-hydrogen) atoms. The van der Waals surface area contributed by atoms with Gasteiger partial charge >= 0.3 is 0 Å². The maximum atomic E-state index is 10.6. The minimum absolute atomic E-state index is 0.0345. The van der Waals surface area contributed by atoms with Crippen LogP contribution in [-0.4, -0.2) is 56.5 Å². The standard InChI is InChI=1S/C18H24N4O3S/c1-3-4-11-25-14-7-5-13(6-8-14)15(21(2)9-10-23)16-17(24)22-18(26-16)19-12-20-22/h5-8,12,15,23-24H,3-4,9-11H2,1-2H3. The Hall–Kier alpha value is -2.16. The van der Waals surface area contributed by atoms with E-state index in [4.69, 9.17) is 4.74 Å². The minimum Gasteiger partial charge on any atom is -0.494 e. The molecular weight excluding hydrogens is 352 g/mol. The topological polar surface area (TPSA) is 83.1 Å². The molecule has 2 N–H and O–H groups in total. The highest BCUT2D eigenvalue weighted by molar-refractivity contribution is 7.17. The van der Waals surface area contributed by atoms with E-state index in [-0.39, 0.29) is 18.5 Å². The highest BCUT2D eigenvalue weighted by Crippen LogP contribution is 2.39. The van der Waals surface area contributed by atoms with Crippen LogP contribution in [0.25, 0.3) is 4.96 Å². The number of benzene rings is 1. The summed E-state index contributed by atoms with van der Waals surface area (Å²) in [6, 6.07) is 7.67. The summed E-state index contributed by atoms with van der Waals surface area (Å²) in [6.45, 7) is 3.35. The molecule has 0 aliphatic carbocycles. The molecule has 1 aromatic carbocycles. The number of aliphatic hydroxyl groups excluding tert-OH is 1. The fourth-order valence-electron chi connectivity index (χ4n) is 2.85. The summed E-state index contributed by atoms with van der Waals surface area (Å²) in [7, 11) is 1.92. The van der Waals surface area contributed by atoms with Crippen molar-refractivity contribution in [2.75, 3.05) is 26.8 Å². The number of nitrogens with zero attached hydrogens (tertiary/aromatic N) is 4. The first kappa shape index (κ1) is 18.6. The molecule has 0 bridgehead atoms. The molecule has 140 valence electrons. The van der Waals surface area contributed by atoms with Crippen molar-refractivity contribution in [1.29, 1.82) is 0 Å². The van der Waals surface area contributed by atoms with E-state index in [1.165, 1.54) is 22.2 Å². The molecule has 8 heteroatoms. The lowest BCUT2D eigenvalue weighted by Crippen LogP contribution is -2.28. The highest BCUT2D eigenvalue weighted by atomic mass is 32.1. The second-order valence-corrected chi connectivity index (χ2v) is 7.13. The zero-order valence-electron chi connectivity index (χ0n) is 15.0. The first-order valence-corrected chi connectivity index (χ1v) is 9.52. The van der Waals surface area contributed by atoms with E-state index in [0.29, 0.717) is 18.1 Å². The van der Waals surface area contributed by atoms with E-state index >= 15 is 0 Å². The van der Waals surface area contributed by atoms with Crippen molar-refractivity contribution < 1.29 is 14.9 Å². The molecule has 3 rings (SSSR count). The molecule has 0 aliphatic rings. The number of rotatable bonds is 9. The van der Waals surface area contributed by atoms with E-state index < -0.39 is 0 Å². The third-order valence-electron chi connectivity index (χ3n) is 4.24. The van der Waals surface area contributed by atoms with Gasteiger partial charge in [0.1, 0.15) is 12.1 Å². The highest BCUT2D eigenvalue weighted by Gasteiger charge is 2.27. The predicted molar refractivity (Wildman–Crippen MR) is 101 cm³/mol. The van der Waals surface area contributed by atoms with Gasteiger partial charge in [-0.3, -0.25) is 4.90 Å². The third kappa shape index (κ3) is 3.82. The van der Waals surface area contributed by atoms with E-state index in [0.717, 1.165) is 29.0 Å². The van der Waals surface area contributed by atoms with Gasteiger partial charge in [0.2, 0.25) is 10.8 Å². The first-order valence-electron chi connectivity index (χ1n) is 8.71. The van der Waals surface area contributed by atoms with Crippen molar-refractivity contribution in [1.82, 2.24) is 19.5 Å². The summed E-state index contributed by atoms with van der Waals surface area (Å²) in [5, 5.41) is 24.0. The monoisotopic (exact) mass is 376 g/mol. The van der Waals surface area contributed by atoms with Gasteiger partial charge in [0.25, 0.3) is 0 Å². The van der Waals surface area contributed by atoms with Crippen LogP contribution in [0.15, 0.2) is 30.6 Å². The molecule has 3 aromatic rings. The Morgan fingerprint density at radius 3 is 2.73 bits per heavy atom. The SMILES string of the molecule is CCCCOc1ccc(C(c2sc3ncnn3c2O)N(C)CCO)cc1. The Kier molecular flexibility index (Phi) is 6.08. The maximum absolute atomic E-state index is 10.6. The quantitative estimate of drug-likeness (QED) is 0.559. The van der Waals surface area contributed by atoms with Crippen molar-refractivity contribution in [2.24, 2.45) is 0 Å². The molecule has 0 radical (unpaired) electrons. The fourth-order valence-corrected chi connectivity index (χ4v) is 3.97. The summed E-state index contributed by atoms with van der Waals surface area (Å²) < 4.78 is 7.16. The number of aromatic nitrogens is 3. The Morgan fingerprint density at radius 1 is 1.31 bits per heavy atom. The molecule has 0 spiro atoms. The van der Waals surface area contributed by atoms with Crippen LogP contribution >= 0.6 is 11.3 Å². The number of likely N-dealkylation sites (N-methyl/N-ethyl adjacent to an activating group) is 1. The number of ether oxygens (including phenoxy) is 1. The number of thiazole rings is 1. The van der Waals surface area contributed by atoms with Crippen LogP contribution in [0.5, 0.6) is 11.6 Å². The van der Waals surface area contributed by atoms with E-state index in [1.54, 1.807) is 0 Å². The zero-order chi connectivity index (χ0) is 18.5. The molecule has 7 nitrogen and oxygen atoms in total. The van der Waals surface area contributed by atoms with Gasteiger partial charge in [-0.2, -0.15) is 9.61 Å². The third-order valence-corrected chi connectivity index (χ3v) is 5.33.